The topological polar surface area (TPSA) is 52.6 Å². The van der Waals surface area contributed by atoms with Crippen LogP contribution in [0.25, 0.3) is 0 Å². The number of hydrogen-bond donors (Lipinski definition) is 2. The van der Waals surface area contributed by atoms with Gasteiger partial charge in [0.05, 0.1) is 0 Å². The number of nitrogens with one attached hydrogen (secondary N) is 1. The zero-order valence-corrected chi connectivity index (χ0v) is 7.73. The molecular weight excluding hydrogens is 180 g/mol. The number of carboxylic acid groups (broad SMARTS) is 1. The molecule has 14 heavy (non-hydrogen) atoms. The molecule has 0 fully saturated rings. The smallest absolute Gasteiger partial charge is 0.415 e. The van der Waals surface area contributed by atoms with Crippen LogP contribution in [0, 0.1) is 0 Å². The number of nitrogens with zero attached hydrogens (tertiary/aromatic N) is 1. The SMILES string of the molecule is O=C(O)N1C=CC2=C(C=C1)NCCC2. The van der Waals surface area contributed by atoms with Crippen LogP contribution in [0.15, 0.2) is 35.8 Å². The summed E-state index contributed by atoms with van der Waals surface area (Å²) in [7, 11) is 0. The fraction of sp³-hybridized carbons (Fsp3) is 0.300. The van der Waals surface area contributed by atoms with E-state index in [0.29, 0.717) is 0 Å². The van der Waals surface area contributed by atoms with Gasteiger partial charge < -0.3 is 10.4 Å². The first kappa shape index (κ1) is 8.87. The molecule has 0 aromatic heterocycles. The summed E-state index contributed by atoms with van der Waals surface area (Å²) >= 11 is 0. The van der Waals surface area contributed by atoms with Crippen LogP contribution in [0.2, 0.25) is 0 Å². The summed E-state index contributed by atoms with van der Waals surface area (Å²) in [6, 6.07) is 0. The molecule has 0 radical (unpaired) electrons. The minimum atomic E-state index is -0.961. The zero-order valence-electron chi connectivity index (χ0n) is 7.73. The van der Waals surface area contributed by atoms with Crippen LogP contribution in [0.4, 0.5) is 4.79 Å². The molecule has 4 heteroatoms. The molecule has 1 amide bonds. The first-order chi connectivity index (χ1) is 6.77. The number of rotatable bonds is 0. The average Bonchev–Trinajstić information content (AvgIpc) is 2.39. The number of carbonyl (C=O) groups is 1. The third kappa shape index (κ3) is 1.64. The predicted molar refractivity (Wildman–Crippen MR) is 52.4 cm³/mol. The summed E-state index contributed by atoms with van der Waals surface area (Å²) in [5.74, 6) is 0. The first-order valence-corrected chi connectivity index (χ1v) is 4.62. The van der Waals surface area contributed by atoms with Gasteiger partial charge in [0.2, 0.25) is 0 Å². The fourth-order valence-corrected chi connectivity index (χ4v) is 1.59. The quantitative estimate of drug-likeness (QED) is 0.613. The summed E-state index contributed by atoms with van der Waals surface area (Å²) in [5.41, 5.74) is 2.22. The lowest BCUT2D eigenvalue weighted by Crippen LogP contribution is -2.19. The van der Waals surface area contributed by atoms with Gasteiger partial charge in [-0.25, -0.2) is 4.79 Å². The molecule has 0 unspecified atom stereocenters. The van der Waals surface area contributed by atoms with Gasteiger partial charge >= 0.3 is 6.09 Å². The lowest BCUT2D eigenvalue weighted by molar-refractivity contribution is 0.175. The summed E-state index contributed by atoms with van der Waals surface area (Å²) in [6.07, 6.45) is 7.95. The molecule has 0 atom stereocenters. The van der Waals surface area contributed by atoms with E-state index in [4.69, 9.17) is 5.11 Å². The monoisotopic (exact) mass is 192 g/mol. The van der Waals surface area contributed by atoms with Crippen molar-refractivity contribution >= 4 is 6.09 Å². The highest BCUT2D eigenvalue weighted by atomic mass is 16.4. The maximum absolute atomic E-state index is 10.7. The molecule has 2 heterocycles. The Hall–Kier alpha value is -1.71. The van der Waals surface area contributed by atoms with Gasteiger partial charge in [-0.05, 0) is 30.6 Å². The highest BCUT2D eigenvalue weighted by Gasteiger charge is 2.12. The highest BCUT2D eigenvalue weighted by molar-refractivity contribution is 5.68. The molecular formula is C10H12N2O2. The average molecular weight is 192 g/mol. The van der Waals surface area contributed by atoms with Gasteiger partial charge in [-0.1, -0.05) is 0 Å². The second-order valence-electron chi connectivity index (χ2n) is 3.29. The summed E-state index contributed by atoms with van der Waals surface area (Å²) in [5, 5.41) is 12.0. The van der Waals surface area contributed by atoms with Crippen molar-refractivity contribution in [1.82, 2.24) is 10.2 Å². The van der Waals surface area contributed by atoms with E-state index >= 15 is 0 Å². The van der Waals surface area contributed by atoms with Gasteiger partial charge in [-0.2, -0.15) is 0 Å². The molecule has 0 aromatic rings. The van der Waals surface area contributed by atoms with Gasteiger partial charge in [0, 0.05) is 24.6 Å². The van der Waals surface area contributed by atoms with Gasteiger partial charge in [-0.3, -0.25) is 4.90 Å². The van der Waals surface area contributed by atoms with Crippen molar-refractivity contribution in [3.05, 3.63) is 35.8 Å². The van der Waals surface area contributed by atoms with Crippen LogP contribution < -0.4 is 5.32 Å². The van der Waals surface area contributed by atoms with Crippen molar-refractivity contribution in [2.24, 2.45) is 0 Å². The van der Waals surface area contributed by atoms with E-state index in [9.17, 15) is 4.79 Å². The maximum atomic E-state index is 10.7. The zero-order chi connectivity index (χ0) is 9.97. The molecule has 4 nitrogen and oxygen atoms in total. The number of hydrogen-bond acceptors (Lipinski definition) is 2. The van der Waals surface area contributed by atoms with E-state index in [0.717, 1.165) is 30.0 Å². The molecule has 2 rings (SSSR count). The Morgan fingerprint density at radius 3 is 3.00 bits per heavy atom. The second kappa shape index (κ2) is 3.57. The molecule has 0 spiro atoms. The Kier molecular flexibility index (Phi) is 2.26. The van der Waals surface area contributed by atoms with Crippen LogP contribution >= 0.6 is 0 Å². The van der Waals surface area contributed by atoms with Crippen molar-refractivity contribution in [3.8, 4) is 0 Å². The molecule has 0 aliphatic carbocycles. The molecule has 2 aliphatic heterocycles. The second-order valence-corrected chi connectivity index (χ2v) is 3.29. The van der Waals surface area contributed by atoms with E-state index in [-0.39, 0.29) is 0 Å². The van der Waals surface area contributed by atoms with Crippen LogP contribution in [0.1, 0.15) is 12.8 Å². The molecule has 2 aliphatic rings. The summed E-state index contributed by atoms with van der Waals surface area (Å²) in [4.78, 5) is 11.9. The van der Waals surface area contributed by atoms with E-state index in [1.165, 1.54) is 5.57 Å². The molecule has 0 saturated carbocycles. The van der Waals surface area contributed by atoms with E-state index in [1.807, 2.05) is 12.2 Å². The Morgan fingerprint density at radius 1 is 1.43 bits per heavy atom. The molecule has 2 N–H and O–H groups in total. The minimum Gasteiger partial charge on any atom is -0.464 e. The summed E-state index contributed by atoms with van der Waals surface area (Å²) in [6.45, 7) is 0.962. The molecule has 0 saturated heterocycles. The molecule has 74 valence electrons. The first-order valence-electron chi connectivity index (χ1n) is 4.62. The van der Waals surface area contributed by atoms with E-state index in [1.54, 1.807) is 12.4 Å². The molecule has 0 bridgehead atoms. The highest BCUT2D eigenvalue weighted by Crippen LogP contribution is 2.19. The normalized spacial score (nSPS) is 20.1. The van der Waals surface area contributed by atoms with Crippen molar-refractivity contribution in [3.63, 3.8) is 0 Å². The Balaban J connectivity index is 2.24. The van der Waals surface area contributed by atoms with Crippen LogP contribution in [-0.2, 0) is 0 Å². The van der Waals surface area contributed by atoms with Crippen LogP contribution in [0.3, 0.4) is 0 Å². The van der Waals surface area contributed by atoms with Crippen molar-refractivity contribution in [2.45, 2.75) is 12.8 Å². The predicted octanol–water partition coefficient (Wildman–Crippen LogP) is 1.64. The van der Waals surface area contributed by atoms with Crippen LogP contribution in [0.5, 0.6) is 0 Å². The Labute approximate surface area is 82.2 Å². The third-order valence-electron chi connectivity index (χ3n) is 2.34. The van der Waals surface area contributed by atoms with Crippen molar-refractivity contribution < 1.29 is 9.90 Å². The van der Waals surface area contributed by atoms with E-state index < -0.39 is 6.09 Å². The lowest BCUT2D eigenvalue weighted by atomic mass is 10.0. The minimum absolute atomic E-state index is 0.961. The Morgan fingerprint density at radius 2 is 2.21 bits per heavy atom. The van der Waals surface area contributed by atoms with Gasteiger partial charge in [0.15, 0.2) is 0 Å². The Bertz CT molecular complexity index is 316. The summed E-state index contributed by atoms with van der Waals surface area (Å²) < 4.78 is 0. The lowest BCUT2D eigenvalue weighted by Gasteiger charge is -2.16. The van der Waals surface area contributed by atoms with E-state index in [2.05, 4.69) is 5.32 Å². The van der Waals surface area contributed by atoms with Crippen molar-refractivity contribution in [2.75, 3.05) is 6.54 Å². The van der Waals surface area contributed by atoms with Gasteiger partial charge in [0.25, 0.3) is 0 Å². The van der Waals surface area contributed by atoms with Crippen molar-refractivity contribution in [1.29, 1.82) is 0 Å². The van der Waals surface area contributed by atoms with Crippen LogP contribution in [-0.4, -0.2) is 22.6 Å². The fourth-order valence-electron chi connectivity index (χ4n) is 1.59. The van der Waals surface area contributed by atoms with Gasteiger partial charge in [0.1, 0.15) is 0 Å². The third-order valence-corrected chi connectivity index (χ3v) is 2.34. The standard InChI is InChI=1S/C10H12N2O2/c13-10(14)12-6-3-8-2-1-5-11-9(8)4-7-12/h3-4,6-7,11H,1-2,5H2,(H,13,14). The number of amides is 1. The van der Waals surface area contributed by atoms with Gasteiger partial charge in [-0.15, -0.1) is 0 Å². The molecule has 0 aromatic carbocycles. The maximum Gasteiger partial charge on any atom is 0.415 e. The largest absolute Gasteiger partial charge is 0.464 e. The number of allylic oxidation sites excluding steroid dienone is 3.